The lowest BCUT2D eigenvalue weighted by Crippen LogP contribution is -2.33. The molecule has 1 aliphatic rings. The van der Waals surface area contributed by atoms with Crippen LogP contribution in [-0.2, 0) is 0 Å². The Bertz CT molecular complexity index is 519. The van der Waals surface area contributed by atoms with Crippen LogP contribution in [0.2, 0.25) is 0 Å². The first-order valence-corrected chi connectivity index (χ1v) is 8.52. The zero-order valence-electron chi connectivity index (χ0n) is 11.0. The van der Waals surface area contributed by atoms with E-state index in [2.05, 4.69) is 22.1 Å². The molecule has 1 amide bonds. The third-order valence-electron chi connectivity index (χ3n) is 2.69. The van der Waals surface area contributed by atoms with Crippen LogP contribution in [0.4, 0.5) is 0 Å². The molecule has 0 aliphatic carbocycles. The summed E-state index contributed by atoms with van der Waals surface area (Å²) in [5.41, 5.74) is 1.14. The maximum absolute atomic E-state index is 12.0. The van der Waals surface area contributed by atoms with E-state index >= 15 is 0 Å². The number of hydrogen-bond acceptors (Lipinski definition) is 5. The van der Waals surface area contributed by atoms with E-state index in [0.717, 1.165) is 11.5 Å². The van der Waals surface area contributed by atoms with Crippen molar-refractivity contribution in [3.05, 3.63) is 29.6 Å². The Hall–Kier alpha value is -1.16. The van der Waals surface area contributed by atoms with Gasteiger partial charge in [-0.1, -0.05) is 11.8 Å². The summed E-state index contributed by atoms with van der Waals surface area (Å²) in [5.74, 6) is 8.60. The number of aromatic nitrogens is 1. The molecule has 6 heteroatoms. The van der Waals surface area contributed by atoms with Crippen LogP contribution in [0.5, 0.6) is 0 Å². The SMILES string of the molecule is O=C(NCC1CSCCS1)c1cncc(C#CCO)c1. The van der Waals surface area contributed by atoms with Crippen LogP contribution in [0.3, 0.4) is 0 Å². The van der Waals surface area contributed by atoms with Crippen molar-refractivity contribution >= 4 is 29.4 Å². The highest BCUT2D eigenvalue weighted by molar-refractivity contribution is 8.06. The fourth-order valence-electron chi connectivity index (χ4n) is 1.74. The quantitative estimate of drug-likeness (QED) is 0.816. The molecule has 1 saturated heterocycles. The summed E-state index contributed by atoms with van der Waals surface area (Å²) in [5, 5.41) is 12.1. The number of nitrogens with zero attached hydrogens (tertiary/aromatic N) is 1. The van der Waals surface area contributed by atoms with Crippen LogP contribution in [0.25, 0.3) is 0 Å². The molecule has 1 aromatic heterocycles. The normalized spacial score (nSPS) is 17.9. The highest BCUT2D eigenvalue weighted by atomic mass is 32.2. The molecule has 20 heavy (non-hydrogen) atoms. The van der Waals surface area contributed by atoms with Crippen LogP contribution < -0.4 is 5.32 Å². The molecule has 1 fully saturated rings. The third kappa shape index (κ3) is 4.75. The molecule has 2 rings (SSSR count). The van der Waals surface area contributed by atoms with Crippen molar-refractivity contribution in [1.29, 1.82) is 0 Å². The molecule has 2 heterocycles. The number of carbonyl (C=O) groups excluding carboxylic acids is 1. The largest absolute Gasteiger partial charge is 0.384 e. The van der Waals surface area contributed by atoms with Crippen molar-refractivity contribution in [2.45, 2.75) is 5.25 Å². The Balaban J connectivity index is 1.91. The van der Waals surface area contributed by atoms with Crippen LogP contribution in [0.1, 0.15) is 15.9 Å². The van der Waals surface area contributed by atoms with E-state index in [0.29, 0.717) is 22.9 Å². The van der Waals surface area contributed by atoms with E-state index < -0.39 is 0 Å². The lowest BCUT2D eigenvalue weighted by atomic mass is 10.2. The summed E-state index contributed by atoms with van der Waals surface area (Å²) < 4.78 is 0. The molecule has 0 bridgehead atoms. The first kappa shape index (κ1) is 15.2. The lowest BCUT2D eigenvalue weighted by Gasteiger charge is -2.21. The number of amides is 1. The number of aliphatic hydroxyl groups is 1. The maximum atomic E-state index is 12.0. The Morgan fingerprint density at radius 1 is 1.50 bits per heavy atom. The minimum atomic E-state index is -0.201. The molecule has 1 aromatic rings. The Labute approximate surface area is 127 Å². The second-order valence-corrected chi connectivity index (χ2v) is 6.76. The average Bonchev–Trinajstić information content (AvgIpc) is 2.52. The first-order valence-electron chi connectivity index (χ1n) is 6.32. The van der Waals surface area contributed by atoms with Crippen LogP contribution >= 0.6 is 23.5 Å². The number of pyridine rings is 1. The van der Waals surface area contributed by atoms with Crippen molar-refractivity contribution in [1.82, 2.24) is 10.3 Å². The van der Waals surface area contributed by atoms with Gasteiger partial charge in [-0.2, -0.15) is 23.5 Å². The molecule has 0 saturated carbocycles. The van der Waals surface area contributed by atoms with Gasteiger partial charge in [-0.25, -0.2) is 0 Å². The standard InChI is InChI=1S/C14H16N2O2S2/c17-3-1-2-11-6-12(8-15-7-11)14(18)16-9-13-10-19-4-5-20-13/h6-8,13,17H,3-5,9-10H2,(H,16,18). The van der Waals surface area contributed by atoms with E-state index in [-0.39, 0.29) is 12.5 Å². The van der Waals surface area contributed by atoms with Gasteiger partial charge in [0.2, 0.25) is 0 Å². The number of aliphatic hydroxyl groups excluding tert-OH is 1. The molecular weight excluding hydrogens is 292 g/mol. The predicted molar refractivity (Wildman–Crippen MR) is 84.1 cm³/mol. The Morgan fingerprint density at radius 2 is 2.40 bits per heavy atom. The van der Waals surface area contributed by atoms with Crippen molar-refractivity contribution < 1.29 is 9.90 Å². The summed E-state index contributed by atoms with van der Waals surface area (Å²) >= 11 is 3.85. The highest BCUT2D eigenvalue weighted by Gasteiger charge is 2.15. The van der Waals surface area contributed by atoms with Gasteiger partial charge in [0.05, 0.1) is 5.56 Å². The number of thioether (sulfide) groups is 2. The maximum Gasteiger partial charge on any atom is 0.252 e. The van der Waals surface area contributed by atoms with Gasteiger partial charge < -0.3 is 10.4 Å². The predicted octanol–water partition coefficient (Wildman–Crippen LogP) is 1.00. The summed E-state index contributed by atoms with van der Waals surface area (Å²) in [6.45, 7) is 0.482. The highest BCUT2D eigenvalue weighted by Crippen LogP contribution is 2.23. The first-order chi connectivity index (χ1) is 9.79. The molecule has 1 aliphatic heterocycles. The molecule has 2 N–H and O–H groups in total. The molecule has 0 radical (unpaired) electrons. The average molecular weight is 308 g/mol. The van der Waals surface area contributed by atoms with Gasteiger partial charge in [-0.15, -0.1) is 0 Å². The van der Waals surface area contributed by atoms with Crippen LogP contribution in [0.15, 0.2) is 18.5 Å². The molecule has 0 spiro atoms. The van der Waals surface area contributed by atoms with Crippen LogP contribution in [-0.4, -0.2) is 51.7 Å². The minimum absolute atomic E-state index is 0.124. The van der Waals surface area contributed by atoms with Crippen molar-refractivity contribution in [3.8, 4) is 11.8 Å². The number of rotatable bonds is 3. The molecule has 106 valence electrons. The van der Waals surface area contributed by atoms with Crippen molar-refractivity contribution in [2.24, 2.45) is 0 Å². The zero-order chi connectivity index (χ0) is 14.2. The van der Waals surface area contributed by atoms with Crippen molar-refractivity contribution in [3.63, 3.8) is 0 Å². The van der Waals surface area contributed by atoms with Gasteiger partial charge in [-0.05, 0) is 6.07 Å². The fourth-order valence-corrected chi connectivity index (χ4v) is 4.35. The van der Waals surface area contributed by atoms with Gasteiger partial charge in [-0.3, -0.25) is 9.78 Å². The second-order valence-electron chi connectivity index (χ2n) is 4.20. The molecule has 1 unspecified atom stereocenters. The number of nitrogens with one attached hydrogen (secondary N) is 1. The summed E-state index contributed by atoms with van der Waals surface area (Å²) in [7, 11) is 0. The van der Waals surface area contributed by atoms with Crippen molar-refractivity contribution in [2.75, 3.05) is 30.4 Å². The smallest absolute Gasteiger partial charge is 0.252 e. The Kier molecular flexibility index (Phi) is 6.25. The van der Waals surface area contributed by atoms with E-state index in [4.69, 9.17) is 5.11 Å². The molecule has 4 nitrogen and oxygen atoms in total. The third-order valence-corrected chi connectivity index (χ3v) is 5.53. The van der Waals surface area contributed by atoms with E-state index in [1.807, 2.05) is 23.5 Å². The fraction of sp³-hybridized carbons (Fsp3) is 0.429. The van der Waals surface area contributed by atoms with Gasteiger partial charge in [0.15, 0.2) is 0 Å². The van der Waals surface area contributed by atoms with E-state index in [1.54, 1.807) is 12.3 Å². The lowest BCUT2D eigenvalue weighted by molar-refractivity contribution is 0.0954. The second kappa shape index (κ2) is 8.20. The summed E-state index contributed by atoms with van der Waals surface area (Å²) in [6, 6.07) is 1.69. The van der Waals surface area contributed by atoms with E-state index in [9.17, 15) is 4.79 Å². The minimum Gasteiger partial charge on any atom is -0.384 e. The summed E-state index contributed by atoms with van der Waals surface area (Å²) in [6.07, 6.45) is 3.11. The topological polar surface area (TPSA) is 62.2 Å². The van der Waals surface area contributed by atoms with E-state index in [1.165, 1.54) is 11.9 Å². The van der Waals surface area contributed by atoms with Gasteiger partial charge in [0, 0.05) is 47.0 Å². The Morgan fingerprint density at radius 3 is 3.15 bits per heavy atom. The molecular formula is C14H16N2O2S2. The summed E-state index contributed by atoms with van der Waals surface area (Å²) in [4.78, 5) is 16.0. The van der Waals surface area contributed by atoms with Gasteiger partial charge in [0.1, 0.15) is 6.61 Å². The van der Waals surface area contributed by atoms with Gasteiger partial charge >= 0.3 is 0 Å². The molecule has 1 atom stereocenters. The molecule has 0 aromatic carbocycles. The monoisotopic (exact) mass is 308 g/mol. The van der Waals surface area contributed by atoms with Crippen LogP contribution in [0, 0.1) is 11.8 Å². The zero-order valence-corrected chi connectivity index (χ0v) is 12.6. The number of carbonyl (C=O) groups is 1. The number of hydrogen-bond donors (Lipinski definition) is 2. The van der Waals surface area contributed by atoms with Gasteiger partial charge in [0.25, 0.3) is 5.91 Å².